The van der Waals surface area contributed by atoms with Crippen LogP contribution in [-0.4, -0.2) is 61.7 Å². The number of guanidine groups is 1. The van der Waals surface area contributed by atoms with E-state index in [1.54, 1.807) is 0 Å². The zero-order chi connectivity index (χ0) is 19.3. The molecule has 28 heavy (non-hydrogen) atoms. The number of aliphatic imine (C=N–C) groups is 1. The van der Waals surface area contributed by atoms with E-state index in [9.17, 15) is 4.79 Å². The van der Waals surface area contributed by atoms with Crippen LogP contribution in [0.15, 0.2) is 4.99 Å². The summed E-state index contributed by atoms with van der Waals surface area (Å²) in [7, 11) is 0. The standard InChI is InChI=1S/C21H40N4O2.HI/c1-3-22-21(23-14-9-17-27-19-11-5-4-6-12-19)24-15-13-20(26)25-16-8-7-10-18(25)2;/h18-19H,3-17H2,1-2H3,(H2,22,23,24);1H. The van der Waals surface area contributed by atoms with Crippen molar-refractivity contribution in [3.8, 4) is 0 Å². The number of carbonyl (C=O) groups excluding carboxylic acids is 1. The highest BCUT2D eigenvalue weighted by Gasteiger charge is 2.22. The van der Waals surface area contributed by atoms with Gasteiger partial charge in [0, 0.05) is 45.2 Å². The Labute approximate surface area is 188 Å². The predicted molar refractivity (Wildman–Crippen MR) is 126 cm³/mol. The number of nitrogens with one attached hydrogen (secondary N) is 2. The van der Waals surface area contributed by atoms with E-state index in [-0.39, 0.29) is 29.9 Å². The first-order valence-corrected chi connectivity index (χ1v) is 11.1. The molecule has 2 aliphatic rings. The van der Waals surface area contributed by atoms with Gasteiger partial charge in [0.1, 0.15) is 0 Å². The summed E-state index contributed by atoms with van der Waals surface area (Å²) < 4.78 is 5.95. The number of nitrogens with zero attached hydrogens (tertiary/aromatic N) is 2. The summed E-state index contributed by atoms with van der Waals surface area (Å²) in [5.41, 5.74) is 0. The van der Waals surface area contributed by atoms with Crippen LogP contribution in [-0.2, 0) is 9.53 Å². The predicted octanol–water partition coefficient (Wildman–Crippen LogP) is 3.69. The number of hydrogen-bond acceptors (Lipinski definition) is 3. The molecule has 2 fully saturated rings. The Kier molecular flexibility index (Phi) is 13.9. The van der Waals surface area contributed by atoms with Gasteiger partial charge in [-0.2, -0.15) is 0 Å². The van der Waals surface area contributed by atoms with Gasteiger partial charge in [-0.25, -0.2) is 0 Å². The molecule has 1 unspecified atom stereocenters. The molecule has 1 aliphatic carbocycles. The molecule has 1 heterocycles. The van der Waals surface area contributed by atoms with E-state index in [1.807, 2.05) is 4.90 Å². The first kappa shape index (κ1) is 25.5. The Morgan fingerprint density at radius 2 is 1.86 bits per heavy atom. The number of halogens is 1. The largest absolute Gasteiger partial charge is 0.378 e. The second-order valence-corrected chi connectivity index (χ2v) is 7.85. The van der Waals surface area contributed by atoms with Gasteiger partial charge in [-0.05, 0) is 52.4 Å². The summed E-state index contributed by atoms with van der Waals surface area (Å²) in [6.45, 7) is 8.12. The van der Waals surface area contributed by atoms with Gasteiger partial charge >= 0.3 is 0 Å². The van der Waals surface area contributed by atoms with Crippen LogP contribution in [0.4, 0.5) is 0 Å². The lowest BCUT2D eigenvalue weighted by Crippen LogP contribution is -2.44. The Bertz CT molecular complexity index is 456. The van der Waals surface area contributed by atoms with Crippen LogP contribution in [0.1, 0.15) is 78.1 Å². The smallest absolute Gasteiger partial charge is 0.224 e. The summed E-state index contributed by atoms with van der Waals surface area (Å²) in [5.74, 6) is 1.06. The maximum Gasteiger partial charge on any atom is 0.224 e. The zero-order valence-electron chi connectivity index (χ0n) is 17.9. The van der Waals surface area contributed by atoms with Crippen molar-refractivity contribution in [2.75, 3.05) is 32.8 Å². The quantitative estimate of drug-likeness (QED) is 0.216. The molecule has 0 radical (unpaired) electrons. The molecule has 1 saturated heterocycles. The first-order chi connectivity index (χ1) is 13.2. The van der Waals surface area contributed by atoms with Crippen LogP contribution in [0, 0.1) is 0 Å². The van der Waals surface area contributed by atoms with Crippen LogP contribution in [0.25, 0.3) is 0 Å². The molecule has 1 atom stereocenters. The van der Waals surface area contributed by atoms with E-state index in [1.165, 1.54) is 38.5 Å². The van der Waals surface area contributed by atoms with Crippen molar-refractivity contribution in [1.29, 1.82) is 0 Å². The van der Waals surface area contributed by atoms with Crippen molar-refractivity contribution in [3.05, 3.63) is 0 Å². The molecule has 1 aliphatic heterocycles. The van der Waals surface area contributed by atoms with E-state index in [0.717, 1.165) is 51.5 Å². The fourth-order valence-electron chi connectivity index (χ4n) is 3.98. The molecule has 0 spiro atoms. The summed E-state index contributed by atoms with van der Waals surface area (Å²) in [6, 6.07) is 0.386. The number of piperidine rings is 1. The van der Waals surface area contributed by atoms with E-state index in [4.69, 9.17) is 4.74 Å². The van der Waals surface area contributed by atoms with Crippen LogP contribution in [0.2, 0.25) is 0 Å². The average Bonchev–Trinajstić information content (AvgIpc) is 2.68. The average molecular weight is 508 g/mol. The van der Waals surface area contributed by atoms with Crippen molar-refractivity contribution in [2.45, 2.75) is 90.2 Å². The van der Waals surface area contributed by atoms with E-state index in [0.29, 0.717) is 25.1 Å². The maximum atomic E-state index is 12.4. The minimum Gasteiger partial charge on any atom is -0.378 e. The maximum absolute atomic E-state index is 12.4. The van der Waals surface area contributed by atoms with Crippen LogP contribution in [0.5, 0.6) is 0 Å². The molecule has 0 aromatic rings. The van der Waals surface area contributed by atoms with Gasteiger partial charge in [-0.15, -0.1) is 24.0 Å². The molecule has 2 rings (SSSR count). The minimum atomic E-state index is 0. The normalized spacial score (nSPS) is 21.1. The van der Waals surface area contributed by atoms with E-state index in [2.05, 4.69) is 29.5 Å². The van der Waals surface area contributed by atoms with Gasteiger partial charge in [0.05, 0.1) is 6.10 Å². The summed E-state index contributed by atoms with van der Waals surface area (Å²) in [5, 5.41) is 6.55. The van der Waals surface area contributed by atoms with Gasteiger partial charge in [0.15, 0.2) is 5.96 Å². The number of amides is 1. The lowest BCUT2D eigenvalue weighted by Gasteiger charge is -2.33. The van der Waals surface area contributed by atoms with E-state index >= 15 is 0 Å². The molecular formula is C21H41IN4O2. The summed E-state index contributed by atoms with van der Waals surface area (Å²) >= 11 is 0. The molecule has 0 bridgehead atoms. The third-order valence-corrected chi connectivity index (χ3v) is 5.58. The van der Waals surface area contributed by atoms with Gasteiger partial charge < -0.3 is 20.3 Å². The molecule has 7 heteroatoms. The Morgan fingerprint density at radius 1 is 1.11 bits per heavy atom. The van der Waals surface area contributed by atoms with Crippen LogP contribution in [0.3, 0.4) is 0 Å². The lowest BCUT2D eigenvalue weighted by atomic mass is 9.98. The van der Waals surface area contributed by atoms with Crippen molar-refractivity contribution in [3.63, 3.8) is 0 Å². The van der Waals surface area contributed by atoms with Crippen molar-refractivity contribution < 1.29 is 9.53 Å². The van der Waals surface area contributed by atoms with Crippen LogP contribution >= 0.6 is 24.0 Å². The van der Waals surface area contributed by atoms with Crippen molar-refractivity contribution >= 4 is 35.8 Å². The first-order valence-electron chi connectivity index (χ1n) is 11.1. The fourth-order valence-corrected chi connectivity index (χ4v) is 3.98. The number of ether oxygens (including phenoxy) is 1. The number of rotatable bonds is 9. The molecule has 0 aromatic carbocycles. The van der Waals surface area contributed by atoms with Gasteiger partial charge in [-0.1, -0.05) is 19.3 Å². The third-order valence-electron chi connectivity index (χ3n) is 5.58. The van der Waals surface area contributed by atoms with Crippen LogP contribution < -0.4 is 10.6 Å². The summed E-state index contributed by atoms with van der Waals surface area (Å²) in [6.07, 6.45) is 11.9. The van der Waals surface area contributed by atoms with Gasteiger partial charge in [0.25, 0.3) is 0 Å². The molecule has 164 valence electrons. The zero-order valence-corrected chi connectivity index (χ0v) is 20.2. The highest BCUT2D eigenvalue weighted by atomic mass is 127. The topological polar surface area (TPSA) is 66.0 Å². The molecule has 1 saturated carbocycles. The van der Waals surface area contributed by atoms with Gasteiger partial charge in [-0.3, -0.25) is 9.79 Å². The Morgan fingerprint density at radius 3 is 2.57 bits per heavy atom. The highest BCUT2D eigenvalue weighted by molar-refractivity contribution is 14.0. The lowest BCUT2D eigenvalue weighted by molar-refractivity contribution is -0.134. The third kappa shape index (κ3) is 9.76. The van der Waals surface area contributed by atoms with Gasteiger partial charge in [0.2, 0.25) is 5.91 Å². The summed E-state index contributed by atoms with van der Waals surface area (Å²) in [4.78, 5) is 19.1. The van der Waals surface area contributed by atoms with Crippen molar-refractivity contribution in [1.82, 2.24) is 15.5 Å². The second-order valence-electron chi connectivity index (χ2n) is 7.85. The number of hydrogen-bond donors (Lipinski definition) is 2. The Balaban J connectivity index is 0.00000392. The monoisotopic (exact) mass is 508 g/mol. The molecule has 2 N–H and O–H groups in total. The minimum absolute atomic E-state index is 0. The molecule has 0 aromatic heterocycles. The molecule has 6 nitrogen and oxygen atoms in total. The molecule has 1 amide bonds. The SMILES string of the molecule is CCNC(=NCCCOC1CCCCC1)NCCC(=O)N1CCCCC1C.I. The van der Waals surface area contributed by atoms with E-state index < -0.39 is 0 Å². The highest BCUT2D eigenvalue weighted by Crippen LogP contribution is 2.20. The molecular weight excluding hydrogens is 467 g/mol. The number of likely N-dealkylation sites (tertiary alicyclic amines) is 1. The Hall–Kier alpha value is -0.570. The fraction of sp³-hybridized carbons (Fsp3) is 0.905. The number of carbonyl (C=O) groups is 1. The van der Waals surface area contributed by atoms with Crippen molar-refractivity contribution in [2.24, 2.45) is 4.99 Å². The second kappa shape index (κ2) is 15.3.